The van der Waals surface area contributed by atoms with Gasteiger partial charge >= 0.3 is 0 Å². The maximum atomic E-state index is 13.0. The van der Waals surface area contributed by atoms with Gasteiger partial charge in [0.1, 0.15) is 11.5 Å². The monoisotopic (exact) mass is 425 g/mol. The van der Waals surface area contributed by atoms with Crippen LogP contribution < -0.4 is 15.2 Å². The molecule has 164 valence electrons. The van der Waals surface area contributed by atoms with Crippen molar-refractivity contribution in [3.8, 4) is 11.5 Å². The molecule has 1 saturated heterocycles. The Balaban J connectivity index is 1.63. The second-order valence-corrected chi connectivity index (χ2v) is 7.48. The van der Waals surface area contributed by atoms with Gasteiger partial charge in [-0.05, 0) is 38.1 Å². The van der Waals surface area contributed by atoms with Gasteiger partial charge in [0.2, 0.25) is 0 Å². The third-order valence-electron chi connectivity index (χ3n) is 5.32. The quantitative estimate of drug-likeness (QED) is 0.762. The zero-order valence-electron chi connectivity index (χ0n) is 17.9. The maximum absolute atomic E-state index is 13.0. The van der Waals surface area contributed by atoms with Crippen LogP contribution in [-0.4, -0.2) is 66.4 Å². The summed E-state index contributed by atoms with van der Waals surface area (Å²) in [5.74, 6) is -0.133. The molecule has 0 saturated carbocycles. The third-order valence-corrected chi connectivity index (χ3v) is 5.32. The molecule has 2 N–H and O–H groups in total. The fourth-order valence-electron chi connectivity index (χ4n) is 3.67. The Morgan fingerprint density at radius 2 is 1.81 bits per heavy atom. The van der Waals surface area contributed by atoms with E-state index in [-0.39, 0.29) is 29.2 Å². The molecule has 1 fully saturated rings. The van der Waals surface area contributed by atoms with Crippen molar-refractivity contribution in [1.29, 1.82) is 0 Å². The van der Waals surface area contributed by atoms with Crippen LogP contribution in [0.3, 0.4) is 0 Å². The number of hydrogen-bond donors (Lipinski definition) is 1. The largest absolute Gasteiger partial charge is 0.496 e. The normalized spacial score (nSPS) is 17.1. The second-order valence-electron chi connectivity index (χ2n) is 7.48. The van der Waals surface area contributed by atoms with E-state index >= 15 is 0 Å². The molecule has 1 aliphatic heterocycles. The molecule has 2 aromatic carbocycles. The lowest BCUT2D eigenvalue weighted by Gasteiger charge is -2.40. The van der Waals surface area contributed by atoms with Gasteiger partial charge in [0, 0.05) is 37.3 Å². The molecule has 8 heteroatoms. The molecule has 0 radical (unpaired) electrons. The summed E-state index contributed by atoms with van der Waals surface area (Å²) in [6.45, 7) is 4.92. The number of nitrogens with zero attached hydrogens (tertiary/aromatic N) is 2. The number of primary amides is 1. The van der Waals surface area contributed by atoms with Crippen LogP contribution >= 0.6 is 0 Å². The Morgan fingerprint density at radius 1 is 1.10 bits per heavy atom. The van der Waals surface area contributed by atoms with Gasteiger partial charge in [0.15, 0.2) is 6.10 Å². The fraction of sp³-hybridized carbons (Fsp3) is 0.348. The molecule has 2 atom stereocenters. The van der Waals surface area contributed by atoms with Gasteiger partial charge in [0.05, 0.1) is 12.7 Å². The number of methoxy groups -OCH3 is 1. The Labute approximate surface area is 181 Å². The van der Waals surface area contributed by atoms with Crippen LogP contribution in [0.2, 0.25) is 0 Å². The molecule has 1 unspecified atom stereocenters. The molecule has 1 heterocycles. The van der Waals surface area contributed by atoms with E-state index < -0.39 is 12.0 Å². The zero-order chi connectivity index (χ0) is 22.5. The van der Waals surface area contributed by atoms with Gasteiger partial charge in [-0.25, -0.2) is 0 Å². The SMILES string of the molecule is COc1cc(OC(C)C(=O)N2CCN(C(=O)c3ccccc3)C[C@H]2C)ccc1C(N)=O. The smallest absolute Gasteiger partial charge is 0.263 e. The van der Waals surface area contributed by atoms with Crippen molar-refractivity contribution in [1.82, 2.24) is 9.80 Å². The lowest BCUT2D eigenvalue weighted by molar-refractivity contribution is -0.142. The standard InChI is InChI=1S/C23H27N3O5/c1-15-14-25(23(29)17-7-5-4-6-8-17)11-12-26(15)22(28)16(2)31-18-9-10-19(21(24)27)20(13-18)30-3/h4-10,13,15-16H,11-12,14H2,1-3H3,(H2,24,27)/t15-,16?/m1/s1. The molecule has 0 bridgehead atoms. The van der Waals surface area contributed by atoms with Crippen molar-refractivity contribution in [2.24, 2.45) is 5.73 Å². The number of carbonyl (C=O) groups is 3. The van der Waals surface area contributed by atoms with E-state index in [1.54, 1.807) is 34.9 Å². The summed E-state index contributed by atoms with van der Waals surface area (Å²) in [5, 5.41) is 0. The van der Waals surface area contributed by atoms with Gasteiger partial charge < -0.3 is 25.0 Å². The molecular formula is C23H27N3O5. The van der Waals surface area contributed by atoms with Crippen LogP contribution in [0.15, 0.2) is 48.5 Å². The molecule has 3 rings (SSSR count). The summed E-state index contributed by atoms with van der Waals surface area (Å²) in [6.07, 6.45) is -0.747. The molecular weight excluding hydrogens is 398 g/mol. The number of benzene rings is 2. The minimum atomic E-state index is -0.747. The highest BCUT2D eigenvalue weighted by Gasteiger charge is 2.33. The zero-order valence-corrected chi connectivity index (χ0v) is 17.9. The van der Waals surface area contributed by atoms with E-state index in [1.807, 2.05) is 25.1 Å². The fourth-order valence-corrected chi connectivity index (χ4v) is 3.67. The molecule has 1 aliphatic rings. The predicted molar refractivity (Wildman–Crippen MR) is 115 cm³/mol. The van der Waals surface area contributed by atoms with E-state index in [1.165, 1.54) is 19.2 Å². The molecule has 8 nitrogen and oxygen atoms in total. The highest BCUT2D eigenvalue weighted by molar-refractivity contribution is 5.96. The number of piperazine rings is 1. The summed E-state index contributed by atoms with van der Waals surface area (Å²) in [5.41, 5.74) is 6.20. The van der Waals surface area contributed by atoms with Crippen LogP contribution in [-0.2, 0) is 4.79 Å². The van der Waals surface area contributed by atoms with E-state index in [2.05, 4.69) is 0 Å². The number of ether oxygens (including phenoxy) is 2. The minimum Gasteiger partial charge on any atom is -0.496 e. The average molecular weight is 425 g/mol. The molecule has 3 amide bonds. The highest BCUT2D eigenvalue weighted by atomic mass is 16.5. The van der Waals surface area contributed by atoms with Gasteiger partial charge in [0.25, 0.3) is 17.7 Å². The van der Waals surface area contributed by atoms with Crippen LogP contribution in [0.1, 0.15) is 34.6 Å². The maximum Gasteiger partial charge on any atom is 0.263 e. The number of hydrogen-bond acceptors (Lipinski definition) is 5. The van der Waals surface area contributed by atoms with Crippen molar-refractivity contribution < 1.29 is 23.9 Å². The third kappa shape index (κ3) is 4.96. The van der Waals surface area contributed by atoms with Crippen molar-refractivity contribution in [3.63, 3.8) is 0 Å². The summed E-state index contributed by atoms with van der Waals surface area (Å²) >= 11 is 0. The van der Waals surface area contributed by atoms with Crippen molar-refractivity contribution in [3.05, 3.63) is 59.7 Å². The van der Waals surface area contributed by atoms with Crippen LogP contribution in [0.4, 0.5) is 0 Å². The van der Waals surface area contributed by atoms with Gasteiger partial charge in [-0.1, -0.05) is 18.2 Å². The minimum absolute atomic E-state index is 0.0366. The van der Waals surface area contributed by atoms with E-state index in [0.29, 0.717) is 30.9 Å². The van der Waals surface area contributed by atoms with E-state index in [4.69, 9.17) is 15.2 Å². The summed E-state index contributed by atoms with van der Waals surface area (Å²) in [6, 6.07) is 13.6. The Hall–Kier alpha value is -3.55. The highest BCUT2D eigenvalue weighted by Crippen LogP contribution is 2.25. The molecule has 0 spiro atoms. The lowest BCUT2D eigenvalue weighted by Crippen LogP contribution is -2.57. The number of rotatable bonds is 6. The Kier molecular flexibility index (Phi) is 6.79. The lowest BCUT2D eigenvalue weighted by atomic mass is 10.1. The first kappa shape index (κ1) is 22.1. The second kappa shape index (κ2) is 9.51. The van der Waals surface area contributed by atoms with Crippen LogP contribution in [0.25, 0.3) is 0 Å². The Bertz CT molecular complexity index is 963. The first-order chi connectivity index (χ1) is 14.8. The molecule has 0 aromatic heterocycles. The summed E-state index contributed by atoms with van der Waals surface area (Å²) in [7, 11) is 1.43. The number of nitrogens with two attached hydrogens (primary N) is 1. The van der Waals surface area contributed by atoms with Gasteiger partial charge in [-0.15, -0.1) is 0 Å². The van der Waals surface area contributed by atoms with E-state index in [9.17, 15) is 14.4 Å². The number of amides is 3. The first-order valence-electron chi connectivity index (χ1n) is 10.1. The van der Waals surface area contributed by atoms with Gasteiger partial charge in [-0.2, -0.15) is 0 Å². The summed E-state index contributed by atoms with van der Waals surface area (Å²) in [4.78, 5) is 40.6. The van der Waals surface area contributed by atoms with E-state index in [0.717, 1.165) is 0 Å². The number of carbonyl (C=O) groups excluding carboxylic acids is 3. The Morgan fingerprint density at radius 3 is 2.42 bits per heavy atom. The first-order valence-corrected chi connectivity index (χ1v) is 10.1. The molecule has 0 aliphatic carbocycles. The van der Waals surface area contributed by atoms with Crippen molar-refractivity contribution >= 4 is 17.7 Å². The van der Waals surface area contributed by atoms with Crippen molar-refractivity contribution in [2.75, 3.05) is 26.7 Å². The van der Waals surface area contributed by atoms with Gasteiger partial charge in [-0.3, -0.25) is 14.4 Å². The predicted octanol–water partition coefficient (Wildman–Crippen LogP) is 1.93. The average Bonchev–Trinajstić information content (AvgIpc) is 2.78. The molecule has 31 heavy (non-hydrogen) atoms. The van der Waals surface area contributed by atoms with Crippen LogP contribution in [0, 0.1) is 0 Å². The molecule has 2 aromatic rings. The summed E-state index contributed by atoms with van der Waals surface area (Å²) < 4.78 is 11.0. The van der Waals surface area contributed by atoms with Crippen LogP contribution in [0.5, 0.6) is 11.5 Å². The van der Waals surface area contributed by atoms with Crippen molar-refractivity contribution in [2.45, 2.75) is 26.0 Å². The topological polar surface area (TPSA) is 102 Å².